The van der Waals surface area contributed by atoms with Crippen molar-refractivity contribution in [2.75, 3.05) is 5.32 Å². The summed E-state index contributed by atoms with van der Waals surface area (Å²) in [6, 6.07) is 1.67. The van der Waals surface area contributed by atoms with Crippen molar-refractivity contribution in [2.45, 2.75) is 19.8 Å². The molecule has 80 valence electrons. The van der Waals surface area contributed by atoms with Crippen LogP contribution in [0.5, 0.6) is 0 Å². The number of carbonyl (C=O) groups excluding carboxylic acids is 1. The fraction of sp³-hybridized carbons (Fsp3) is 0.455. The average Bonchev–Trinajstić information content (AvgIpc) is 2.17. The minimum absolute atomic E-state index is 0.0583. The molecule has 0 atom stereocenters. The van der Waals surface area contributed by atoms with Gasteiger partial charge in [0, 0.05) is 12.1 Å². The highest BCUT2D eigenvalue weighted by atomic mass is 35.5. The normalized spacial score (nSPS) is 24.4. The van der Waals surface area contributed by atoms with Crippen LogP contribution in [0.1, 0.15) is 19.8 Å². The van der Waals surface area contributed by atoms with Gasteiger partial charge >= 0.3 is 0 Å². The van der Waals surface area contributed by atoms with Crippen molar-refractivity contribution in [3.63, 3.8) is 0 Å². The summed E-state index contributed by atoms with van der Waals surface area (Å²) in [5, 5.41) is 3.33. The number of rotatable bonds is 2. The monoisotopic (exact) mass is 224 g/mol. The summed E-state index contributed by atoms with van der Waals surface area (Å²) in [5.74, 6) is 0.879. The van der Waals surface area contributed by atoms with Gasteiger partial charge in [0.25, 0.3) is 0 Å². The predicted molar refractivity (Wildman–Crippen MR) is 59.8 cm³/mol. The molecule has 0 unspecified atom stereocenters. The molecule has 2 rings (SSSR count). The van der Waals surface area contributed by atoms with E-state index in [1.807, 2.05) is 0 Å². The first kappa shape index (κ1) is 10.4. The van der Waals surface area contributed by atoms with Gasteiger partial charge in [0.2, 0.25) is 5.91 Å². The third-order valence-electron chi connectivity index (χ3n) is 2.77. The number of hydrogen-bond donors (Lipinski definition) is 1. The van der Waals surface area contributed by atoms with E-state index < -0.39 is 0 Å². The van der Waals surface area contributed by atoms with E-state index in [9.17, 15) is 4.79 Å². The number of nitrogens with zero attached hydrogens (tertiary/aromatic N) is 1. The molecule has 1 aromatic heterocycles. The second kappa shape index (κ2) is 4.19. The second-order valence-electron chi connectivity index (χ2n) is 4.12. The Morgan fingerprint density at radius 1 is 1.60 bits per heavy atom. The predicted octanol–water partition coefficient (Wildman–Crippen LogP) is 2.72. The van der Waals surface area contributed by atoms with E-state index in [0.717, 1.165) is 12.8 Å². The molecule has 1 saturated carbocycles. The highest BCUT2D eigenvalue weighted by molar-refractivity contribution is 6.33. The molecule has 3 nitrogen and oxygen atoms in total. The minimum atomic E-state index is 0.0583. The van der Waals surface area contributed by atoms with E-state index >= 15 is 0 Å². The topological polar surface area (TPSA) is 42.0 Å². The lowest BCUT2D eigenvalue weighted by Crippen LogP contribution is -2.33. The van der Waals surface area contributed by atoms with Crippen LogP contribution in [-0.2, 0) is 4.79 Å². The zero-order chi connectivity index (χ0) is 10.8. The van der Waals surface area contributed by atoms with Gasteiger partial charge in [0.05, 0.1) is 16.9 Å². The Morgan fingerprint density at radius 3 is 2.93 bits per heavy atom. The van der Waals surface area contributed by atoms with Crippen LogP contribution in [0.25, 0.3) is 0 Å². The van der Waals surface area contributed by atoms with Gasteiger partial charge in [-0.15, -0.1) is 0 Å². The van der Waals surface area contributed by atoms with Gasteiger partial charge in [0.1, 0.15) is 0 Å². The number of anilines is 1. The lowest BCUT2D eigenvalue weighted by Gasteiger charge is -2.31. The molecule has 1 aliphatic rings. The second-order valence-corrected chi connectivity index (χ2v) is 4.53. The number of halogens is 1. The minimum Gasteiger partial charge on any atom is -0.323 e. The van der Waals surface area contributed by atoms with Gasteiger partial charge in [-0.25, -0.2) is 0 Å². The third kappa shape index (κ3) is 2.29. The smallest absolute Gasteiger partial charge is 0.227 e. The molecule has 0 aliphatic heterocycles. The van der Waals surface area contributed by atoms with Crippen LogP contribution in [0.15, 0.2) is 18.5 Å². The largest absolute Gasteiger partial charge is 0.323 e. The summed E-state index contributed by atoms with van der Waals surface area (Å²) in [5.41, 5.74) is 0.601. The lowest BCUT2D eigenvalue weighted by atomic mass is 9.75. The van der Waals surface area contributed by atoms with Gasteiger partial charge in [-0.1, -0.05) is 18.5 Å². The van der Waals surface area contributed by atoms with Gasteiger partial charge in [-0.2, -0.15) is 0 Å². The van der Waals surface area contributed by atoms with Gasteiger partial charge in [0.15, 0.2) is 0 Å². The molecule has 1 N–H and O–H groups in total. The average molecular weight is 225 g/mol. The molecular weight excluding hydrogens is 212 g/mol. The van der Waals surface area contributed by atoms with Crippen LogP contribution < -0.4 is 5.32 Å². The number of hydrogen-bond acceptors (Lipinski definition) is 2. The van der Waals surface area contributed by atoms with Crippen molar-refractivity contribution in [2.24, 2.45) is 11.8 Å². The van der Waals surface area contributed by atoms with Crippen molar-refractivity contribution in [3.05, 3.63) is 23.5 Å². The summed E-state index contributed by atoms with van der Waals surface area (Å²) in [6.07, 6.45) is 5.12. The van der Waals surface area contributed by atoms with Crippen LogP contribution in [0.3, 0.4) is 0 Å². The maximum Gasteiger partial charge on any atom is 0.227 e. The molecule has 0 aromatic carbocycles. The fourth-order valence-corrected chi connectivity index (χ4v) is 1.97. The van der Waals surface area contributed by atoms with Gasteiger partial charge < -0.3 is 5.32 Å². The SMILES string of the molecule is CC1CC(C(=O)Nc2cnccc2Cl)C1. The van der Waals surface area contributed by atoms with Crippen molar-refractivity contribution in [1.29, 1.82) is 0 Å². The zero-order valence-electron chi connectivity index (χ0n) is 8.53. The Bertz CT molecular complexity index is 375. The number of amides is 1. The highest BCUT2D eigenvalue weighted by Gasteiger charge is 2.31. The molecule has 1 aliphatic carbocycles. The van der Waals surface area contributed by atoms with E-state index in [1.54, 1.807) is 18.5 Å². The van der Waals surface area contributed by atoms with E-state index in [1.165, 1.54) is 0 Å². The first-order valence-electron chi connectivity index (χ1n) is 5.07. The Balaban J connectivity index is 1.97. The first-order valence-corrected chi connectivity index (χ1v) is 5.45. The summed E-state index contributed by atoms with van der Waals surface area (Å²) in [7, 11) is 0. The van der Waals surface area contributed by atoms with Crippen molar-refractivity contribution >= 4 is 23.2 Å². The van der Waals surface area contributed by atoms with E-state index in [0.29, 0.717) is 16.6 Å². The number of aromatic nitrogens is 1. The van der Waals surface area contributed by atoms with Crippen LogP contribution >= 0.6 is 11.6 Å². The summed E-state index contributed by atoms with van der Waals surface area (Å²) >= 11 is 5.91. The number of carbonyl (C=O) groups is 1. The first-order chi connectivity index (χ1) is 7.16. The summed E-state index contributed by atoms with van der Waals surface area (Å²) in [6.45, 7) is 2.15. The molecule has 0 spiro atoms. The quantitative estimate of drug-likeness (QED) is 0.839. The third-order valence-corrected chi connectivity index (χ3v) is 3.10. The van der Waals surface area contributed by atoms with E-state index in [-0.39, 0.29) is 11.8 Å². The van der Waals surface area contributed by atoms with Crippen LogP contribution in [-0.4, -0.2) is 10.9 Å². The highest BCUT2D eigenvalue weighted by Crippen LogP contribution is 2.34. The molecule has 1 amide bonds. The van der Waals surface area contributed by atoms with Gasteiger partial charge in [-0.05, 0) is 24.8 Å². The van der Waals surface area contributed by atoms with Crippen molar-refractivity contribution in [1.82, 2.24) is 4.98 Å². The lowest BCUT2D eigenvalue weighted by molar-refractivity contribution is -0.123. The van der Waals surface area contributed by atoms with E-state index in [4.69, 9.17) is 11.6 Å². The number of nitrogens with one attached hydrogen (secondary N) is 1. The van der Waals surface area contributed by atoms with Crippen molar-refractivity contribution in [3.8, 4) is 0 Å². The number of pyridine rings is 1. The van der Waals surface area contributed by atoms with Crippen LogP contribution in [0.2, 0.25) is 5.02 Å². The fourth-order valence-electron chi connectivity index (χ4n) is 1.82. The Morgan fingerprint density at radius 2 is 2.33 bits per heavy atom. The molecule has 0 bridgehead atoms. The summed E-state index contributed by atoms with van der Waals surface area (Å²) in [4.78, 5) is 15.6. The Kier molecular flexibility index (Phi) is 2.91. The zero-order valence-corrected chi connectivity index (χ0v) is 9.29. The van der Waals surface area contributed by atoms with E-state index in [2.05, 4.69) is 17.2 Å². The molecular formula is C11H13ClN2O. The van der Waals surface area contributed by atoms with Crippen molar-refractivity contribution < 1.29 is 4.79 Å². The van der Waals surface area contributed by atoms with Gasteiger partial charge in [-0.3, -0.25) is 9.78 Å². The molecule has 1 fully saturated rings. The maximum atomic E-state index is 11.7. The maximum absolute atomic E-state index is 11.7. The summed E-state index contributed by atoms with van der Waals surface area (Å²) < 4.78 is 0. The molecule has 15 heavy (non-hydrogen) atoms. The van der Waals surface area contributed by atoms with Crippen LogP contribution in [0.4, 0.5) is 5.69 Å². The molecule has 1 aromatic rings. The Labute approximate surface area is 93.8 Å². The Hall–Kier alpha value is -1.09. The van der Waals surface area contributed by atoms with Crippen LogP contribution in [0, 0.1) is 11.8 Å². The molecule has 0 radical (unpaired) electrons. The molecule has 0 saturated heterocycles. The standard InChI is InChI=1S/C11H13ClN2O/c1-7-4-8(5-7)11(15)14-10-6-13-3-2-9(10)12/h2-3,6-8H,4-5H2,1H3,(H,14,15). The molecule has 1 heterocycles. The molecule has 4 heteroatoms.